The van der Waals surface area contributed by atoms with E-state index in [0.29, 0.717) is 44.8 Å². The molecular formula is C25H26ClF6N3O2. The van der Waals surface area contributed by atoms with Crippen molar-refractivity contribution in [1.82, 2.24) is 9.80 Å². The molecule has 202 valence electrons. The van der Waals surface area contributed by atoms with Gasteiger partial charge in [0.2, 0.25) is 11.8 Å². The third-order valence-electron chi connectivity index (χ3n) is 6.65. The monoisotopic (exact) mass is 549 g/mol. The van der Waals surface area contributed by atoms with Crippen LogP contribution in [0, 0.1) is 0 Å². The van der Waals surface area contributed by atoms with Crippen LogP contribution >= 0.6 is 12.4 Å². The van der Waals surface area contributed by atoms with Crippen LogP contribution in [0.4, 0.5) is 32.0 Å². The molecule has 2 aliphatic heterocycles. The zero-order valence-corrected chi connectivity index (χ0v) is 20.5. The number of hydrogen-bond acceptors (Lipinski definition) is 4. The number of likely N-dealkylation sites (tertiary alicyclic amines) is 1. The second-order valence-electron chi connectivity index (χ2n) is 8.96. The van der Waals surface area contributed by atoms with Crippen molar-refractivity contribution >= 4 is 29.9 Å². The number of amides is 2. The molecule has 2 heterocycles. The second-order valence-corrected chi connectivity index (χ2v) is 8.96. The summed E-state index contributed by atoms with van der Waals surface area (Å²) in [5.41, 5.74) is -1.28. The predicted octanol–water partition coefficient (Wildman–Crippen LogP) is 5.20. The fraction of sp³-hybridized carbons (Fsp3) is 0.440. The Hall–Kier alpha value is -2.79. The standard InChI is InChI=1S/C25H25F6N3O2.ClH/c26-24(27,28)17-5-3-6-18(15-17)33-13-11-32(12-14-33)9-4-10-34-22(35)16-20(23(34)36)19-7-1-2-8-21(19)25(29,30)31;/h1-3,5-8,15,20H,4,9-14,16H2;1H. The van der Waals surface area contributed by atoms with Gasteiger partial charge in [-0.1, -0.05) is 24.3 Å². The Balaban J connectivity index is 0.00000380. The van der Waals surface area contributed by atoms with E-state index in [9.17, 15) is 35.9 Å². The Morgan fingerprint density at radius 2 is 1.49 bits per heavy atom. The van der Waals surface area contributed by atoms with Gasteiger partial charge in [0.05, 0.1) is 17.0 Å². The SMILES string of the molecule is Cl.O=C1CC(c2ccccc2C(F)(F)F)C(=O)N1CCCN1CCN(c2cccc(C(F)(F)F)c2)CC1. The number of halogens is 7. The summed E-state index contributed by atoms with van der Waals surface area (Å²) in [6.07, 6.45) is -8.87. The predicted molar refractivity (Wildman–Crippen MR) is 127 cm³/mol. The number of alkyl halides is 6. The first-order valence-corrected chi connectivity index (χ1v) is 11.6. The van der Waals surface area contributed by atoms with E-state index in [1.165, 1.54) is 24.3 Å². The molecule has 37 heavy (non-hydrogen) atoms. The number of imide groups is 1. The minimum atomic E-state index is -4.62. The molecule has 0 bridgehead atoms. The number of anilines is 1. The summed E-state index contributed by atoms with van der Waals surface area (Å²) in [7, 11) is 0. The fourth-order valence-electron chi connectivity index (χ4n) is 4.78. The minimum Gasteiger partial charge on any atom is -0.369 e. The number of hydrogen-bond donors (Lipinski definition) is 0. The van der Waals surface area contributed by atoms with Crippen LogP contribution in [0.2, 0.25) is 0 Å². The summed E-state index contributed by atoms with van der Waals surface area (Å²) in [6, 6.07) is 10.0. The average Bonchev–Trinajstić information content (AvgIpc) is 3.12. The first-order valence-electron chi connectivity index (χ1n) is 11.6. The summed E-state index contributed by atoms with van der Waals surface area (Å²) in [5.74, 6) is -2.26. The van der Waals surface area contributed by atoms with E-state index in [2.05, 4.69) is 4.90 Å². The molecule has 2 saturated heterocycles. The van der Waals surface area contributed by atoms with Crippen molar-refractivity contribution in [3.63, 3.8) is 0 Å². The largest absolute Gasteiger partial charge is 0.416 e. The highest BCUT2D eigenvalue weighted by molar-refractivity contribution is 6.06. The third kappa shape index (κ3) is 6.56. The maximum Gasteiger partial charge on any atom is 0.416 e. The van der Waals surface area contributed by atoms with Gasteiger partial charge in [-0.15, -0.1) is 12.4 Å². The van der Waals surface area contributed by atoms with Crippen LogP contribution in [0.1, 0.15) is 35.4 Å². The smallest absolute Gasteiger partial charge is 0.369 e. The lowest BCUT2D eigenvalue weighted by molar-refractivity contribution is -0.140. The van der Waals surface area contributed by atoms with Gasteiger partial charge in [-0.2, -0.15) is 26.3 Å². The summed E-state index contributed by atoms with van der Waals surface area (Å²) in [6.45, 7) is 2.91. The molecule has 2 aromatic rings. The van der Waals surface area contributed by atoms with Gasteiger partial charge in [0.15, 0.2) is 0 Å². The highest BCUT2D eigenvalue weighted by atomic mass is 35.5. The van der Waals surface area contributed by atoms with Gasteiger partial charge < -0.3 is 4.90 Å². The van der Waals surface area contributed by atoms with Gasteiger partial charge >= 0.3 is 12.4 Å². The average molecular weight is 550 g/mol. The van der Waals surface area contributed by atoms with Crippen molar-refractivity contribution in [2.45, 2.75) is 31.1 Å². The summed E-state index contributed by atoms with van der Waals surface area (Å²) in [4.78, 5) is 30.3. The van der Waals surface area contributed by atoms with E-state index in [-0.39, 0.29) is 30.9 Å². The van der Waals surface area contributed by atoms with E-state index >= 15 is 0 Å². The Morgan fingerprint density at radius 3 is 2.14 bits per heavy atom. The van der Waals surface area contributed by atoms with Gasteiger partial charge in [-0.3, -0.25) is 19.4 Å². The topological polar surface area (TPSA) is 43.9 Å². The number of rotatable bonds is 6. The quantitative estimate of drug-likeness (QED) is 0.367. The Morgan fingerprint density at radius 1 is 0.811 bits per heavy atom. The number of benzene rings is 2. The zero-order chi connectivity index (χ0) is 26.1. The number of carbonyl (C=O) groups is 2. The van der Waals surface area contributed by atoms with Gasteiger partial charge in [0, 0.05) is 44.8 Å². The minimum absolute atomic E-state index is 0. The highest BCUT2D eigenvalue weighted by Crippen LogP contribution is 2.39. The molecule has 2 aromatic carbocycles. The van der Waals surface area contributed by atoms with Crippen molar-refractivity contribution in [2.75, 3.05) is 44.2 Å². The van der Waals surface area contributed by atoms with Crippen molar-refractivity contribution in [3.8, 4) is 0 Å². The number of nitrogens with zero attached hydrogens (tertiary/aromatic N) is 3. The van der Waals surface area contributed by atoms with E-state index in [1.807, 2.05) is 4.90 Å². The van der Waals surface area contributed by atoms with Crippen LogP contribution in [0.25, 0.3) is 0 Å². The van der Waals surface area contributed by atoms with Gasteiger partial charge in [-0.05, 0) is 42.8 Å². The number of carbonyl (C=O) groups excluding carboxylic acids is 2. The summed E-state index contributed by atoms with van der Waals surface area (Å²) >= 11 is 0. The van der Waals surface area contributed by atoms with Crippen molar-refractivity contribution in [1.29, 1.82) is 0 Å². The molecule has 5 nitrogen and oxygen atoms in total. The highest BCUT2D eigenvalue weighted by Gasteiger charge is 2.43. The normalized spacial score (nSPS) is 19.4. The van der Waals surface area contributed by atoms with Gasteiger partial charge in [0.25, 0.3) is 0 Å². The molecule has 0 spiro atoms. The first kappa shape index (κ1) is 28.8. The van der Waals surface area contributed by atoms with Gasteiger partial charge in [-0.25, -0.2) is 0 Å². The molecule has 0 aromatic heterocycles. The van der Waals surface area contributed by atoms with Crippen molar-refractivity contribution in [3.05, 3.63) is 65.2 Å². The van der Waals surface area contributed by atoms with Crippen LogP contribution in [0.3, 0.4) is 0 Å². The first-order chi connectivity index (χ1) is 16.9. The summed E-state index contributed by atoms with van der Waals surface area (Å²) < 4.78 is 79.1. The van der Waals surface area contributed by atoms with Crippen molar-refractivity contribution in [2.24, 2.45) is 0 Å². The molecule has 2 amide bonds. The van der Waals surface area contributed by atoms with Crippen LogP contribution < -0.4 is 4.90 Å². The van der Waals surface area contributed by atoms with E-state index in [0.717, 1.165) is 23.1 Å². The molecular weight excluding hydrogens is 524 g/mol. The van der Waals surface area contributed by atoms with Crippen molar-refractivity contribution < 1.29 is 35.9 Å². The van der Waals surface area contributed by atoms with Crippen LogP contribution in [0.5, 0.6) is 0 Å². The van der Waals surface area contributed by atoms with Crippen LogP contribution in [-0.4, -0.2) is 60.9 Å². The molecule has 0 aliphatic carbocycles. The molecule has 2 fully saturated rings. The van der Waals surface area contributed by atoms with E-state index < -0.39 is 41.2 Å². The van der Waals surface area contributed by atoms with Gasteiger partial charge in [0.1, 0.15) is 0 Å². The molecule has 1 atom stereocenters. The van der Waals surface area contributed by atoms with Crippen LogP contribution in [-0.2, 0) is 21.9 Å². The zero-order valence-electron chi connectivity index (χ0n) is 19.7. The molecule has 2 aliphatic rings. The number of piperazine rings is 1. The Labute approximate surface area is 216 Å². The van der Waals surface area contributed by atoms with Crippen LogP contribution in [0.15, 0.2) is 48.5 Å². The fourth-order valence-corrected chi connectivity index (χ4v) is 4.78. The maximum atomic E-state index is 13.4. The Bertz CT molecular complexity index is 1120. The molecule has 12 heteroatoms. The molecule has 1 unspecified atom stereocenters. The molecule has 0 radical (unpaired) electrons. The lowest BCUT2D eigenvalue weighted by Crippen LogP contribution is -2.47. The lowest BCUT2D eigenvalue weighted by Gasteiger charge is -2.36. The third-order valence-corrected chi connectivity index (χ3v) is 6.65. The molecule has 0 N–H and O–H groups in total. The van der Waals surface area contributed by atoms with E-state index in [4.69, 9.17) is 0 Å². The second kappa shape index (κ2) is 11.3. The summed E-state index contributed by atoms with van der Waals surface area (Å²) in [5, 5.41) is 0. The molecule has 4 rings (SSSR count). The maximum absolute atomic E-state index is 13.4. The lowest BCUT2D eigenvalue weighted by atomic mass is 9.92. The molecule has 0 saturated carbocycles. The Kier molecular flexibility index (Phi) is 8.79. The van der Waals surface area contributed by atoms with E-state index in [1.54, 1.807) is 6.07 Å².